The zero-order chi connectivity index (χ0) is 23.5. The van der Waals surface area contributed by atoms with Gasteiger partial charge in [0.05, 0.1) is 10.3 Å². The van der Waals surface area contributed by atoms with Crippen LogP contribution in [-0.4, -0.2) is 47.9 Å². The van der Waals surface area contributed by atoms with Crippen LogP contribution in [0.1, 0.15) is 15.9 Å². The van der Waals surface area contributed by atoms with Crippen molar-refractivity contribution >= 4 is 39.0 Å². The summed E-state index contributed by atoms with van der Waals surface area (Å²) in [5.74, 6) is -0.979. The van der Waals surface area contributed by atoms with Crippen molar-refractivity contribution in [3.05, 3.63) is 89.5 Å². The molecule has 1 amide bonds. The molecule has 174 valence electrons. The second-order valence-corrected chi connectivity index (χ2v) is 9.16. The number of aromatic nitrogens is 1. The van der Waals surface area contributed by atoms with E-state index in [1.165, 1.54) is 10.1 Å². The second kappa shape index (κ2) is 9.87. The van der Waals surface area contributed by atoms with Gasteiger partial charge in [-0.15, -0.1) is 0 Å². The van der Waals surface area contributed by atoms with Gasteiger partial charge in [-0.3, -0.25) is 9.69 Å². The molecule has 0 saturated carbocycles. The van der Waals surface area contributed by atoms with E-state index in [0.29, 0.717) is 5.69 Å². The van der Waals surface area contributed by atoms with Crippen LogP contribution in [0, 0.1) is 11.6 Å². The third kappa shape index (κ3) is 4.93. The molecule has 1 aliphatic heterocycles. The summed E-state index contributed by atoms with van der Waals surface area (Å²) in [4.78, 5) is 17.1. The van der Waals surface area contributed by atoms with Gasteiger partial charge in [-0.05, 0) is 66.0 Å². The van der Waals surface area contributed by atoms with Crippen LogP contribution in [0.2, 0.25) is 0 Å². The molecule has 0 spiro atoms. The number of nitrogens with one attached hydrogen (secondary N) is 1. The largest absolute Gasteiger partial charge is 0.353 e. The average Bonchev–Trinajstić information content (AvgIpc) is 3.29. The molecule has 3 aromatic carbocycles. The number of carbonyl (C=O) groups is 1. The van der Waals surface area contributed by atoms with Crippen molar-refractivity contribution in [3.63, 3.8) is 0 Å². The number of hydrogen-bond donors (Lipinski definition) is 1. The van der Waals surface area contributed by atoms with Gasteiger partial charge in [0, 0.05) is 43.8 Å². The summed E-state index contributed by atoms with van der Waals surface area (Å²) in [5.41, 5.74) is 1.39. The van der Waals surface area contributed by atoms with Crippen LogP contribution in [0.4, 0.5) is 20.3 Å². The summed E-state index contributed by atoms with van der Waals surface area (Å²) in [6.45, 7) is 4.83. The van der Waals surface area contributed by atoms with Gasteiger partial charge >= 0.3 is 0 Å². The number of hydrogen-bond acceptors (Lipinski definition) is 5. The van der Waals surface area contributed by atoms with Crippen LogP contribution < -0.4 is 10.2 Å². The predicted octanol–water partition coefficient (Wildman–Crippen LogP) is 5.19. The molecule has 1 aromatic heterocycles. The molecule has 1 N–H and O–H groups in total. The lowest BCUT2D eigenvalue weighted by Crippen LogP contribution is -2.47. The summed E-state index contributed by atoms with van der Waals surface area (Å²) < 4.78 is 33.0. The van der Waals surface area contributed by atoms with Crippen molar-refractivity contribution in [1.29, 1.82) is 0 Å². The number of rotatable bonds is 6. The van der Waals surface area contributed by atoms with Gasteiger partial charge in [-0.1, -0.05) is 24.3 Å². The van der Waals surface area contributed by atoms with Gasteiger partial charge in [0.1, 0.15) is 17.5 Å². The van der Waals surface area contributed by atoms with Crippen molar-refractivity contribution in [2.75, 3.05) is 42.9 Å². The minimum absolute atomic E-state index is 0.311. The molecule has 0 radical (unpaired) electrons. The fourth-order valence-corrected chi connectivity index (χ4v) is 4.99. The predicted molar refractivity (Wildman–Crippen MR) is 133 cm³/mol. The number of fused-ring (bicyclic) bond motifs is 1. The van der Waals surface area contributed by atoms with E-state index in [0.717, 1.165) is 68.7 Å². The maximum atomic E-state index is 13.8. The van der Waals surface area contributed by atoms with Gasteiger partial charge < -0.3 is 10.2 Å². The van der Waals surface area contributed by atoms with E-state index in [4.69, 9.17) is 0 Å². The smallest absolute Gasteiger partial charge is 0.258 e. The van der Waals surface area contributed by atoms with Crippen molar-refractivity contribution < 1.29 is 13.6 Å². The van der Waals surface area contributed by atoms with Crippen molar-refractivity contribution in [1.82, 2.24) is 9.27 Å². The molecule has 5 rings (SSSR count). The molecule has 4 aromatic rings. The molecule has 0 unspecified atom stereocenters. The number of anilines is 2. The summed E-state index contributed by atoms with van der Waals surface area (Å²) in [7, 11) is 0. The number of amides is 1. The van der Waals surface area contributed by atoms with Gasteiger partial charge in [-0.2, -0.15) is 4.37 Å². The highest BCUT2D eigenvalue weighted by molar-refractivity contribution is 7.13. The van der Waals surface area contributed by atoms with E-state index in [1.807, 2.05) is 18.2 Å². The fourth-order valence-electron chi connectivity index (χ4n) is 4.20. The highest BCUT2D eigenvalue weighted by Crippen LogP contribution is 2.29. The molecule has 2 heterocycles. The van der Waals surface area contributed by atoms with Crippen molar-refractivity contribution in [2.45, 2.75) is 6.42 Å². The molecular weight excluding hydrogens is 454 g/mol. The quantitative estimate of drug-likeness (QED) is 0.414. The first kappa shape index (κ1) is 22.4. The second-order valence-electron chi connectivity index (χ2n) is 8.36. The van der Waals surface area contributed by atoms with Crippen LogP contribution in [0.25, 0.3) is 10.1 Å². The Balaban J connectivity index is 1.12. The van der Waals surface area contributed by atoms with E-state index < -0.39 is 17.5 Å². The molecule has 0 aliphatic carbocycles. The van der Waals surface area contributed by atoms with Crippen LogP contribution in [0.15, 0.2) is 66.7 Å². The Morgan fingerprint density at radius 3 is 2.53 bits per heavy atom. The molecule has 8 heteroatoms. The first-order valence-electron chi connectivity index (χ1n) is 11.2. The molecule has 0 bridgehead atoms. The van der Waals surface area contributed by atoms with E-state index in [9.17, 15) is 13.6 Å². The summed E-state index contributed by atoms with van der Waals surface area (Å²) in [6, 6.07) is 18.7. The van der Waals surface area contributed by atoms with Gasteiger partial charge in [0.2, 0.25) is 0 Å². The van der Waals surface area contributed by atoms with Crippen molar-refractivity contribution in [3.8, 4) is 0 Å². The van der Waals surface area contributed by atoms with E-state index in [-0.39, 0.29) is 5.56 Å². The van der Waals surface area contributed by atoms with E-state index in [1.54, 1.807) is 23.7 Å². The first-order chi connectivity index (χ1) is 16.6. The maximum Gasteiger partial charge on any atom is 0.258 e. The molecule has 34 heavy (non-hydrogen) atoms. The standard InChI is InChI=1S/C26H24F2N4OS/c27-19-7-10-23(28)22(17-19)26(33)29-20-8-5-18(6-9-20)11-12-31-13-15-32(16-14-31)25-21-3-1-2-4-24(21)34-30-25/h1-10,17H,11-16H2,(H,29,33). The van der Waals surface area contributed by atoms with Gasteiger partial charge in [0.15, 0.2) is 0 Å². The Morgan fingerprint density at radius 2 is 1.74 bits per heavy atom. The normalized spacial score (nSPS) is 14.5. The molecule has 1 aliphatic rings. The molecule has 0 atom stereocenters. The lowest BCUT2D eigenvalue weighted by Gasteiger charge is -2.35. The topological polar surface area (TPSA) is 48.5 Å². The number of piperazine rings is 1. The van der Waals surface area contributed by atoms with Crippen LogP contribution in [0.3, 0.4) is 0 Å². The Kier molecular flexibility index (Phi) is 6.51. The van der Waals surface area contributed by atoms with Crippen LogP contribution in [-0.2, 0) is 6.42 Å². The third-order valence-electron chi connectivity index (χ3n) is 6.13. The van der Waals surface area contributed by atoms with E-state index in [2.05, 4.69) is 37.7 Å². The Bertz CT molecular complexity index is 1300. The zero-order valence-corrected chi connectivity index (χ0v) is 19.3. The molecule has 5 nitrogen and oxygen atoms in total. The SMILES string of the molecule is O=C(Nc1ccc(CCN2CCN(c3nsc4ccccc34)CC2)cc1)c1cc(F)ccc1F. The Morgan fingerprint density at radius 1 is 0.971 bits per heavy atom. The first-order valence-corrected chi connectivity index (χ1v) is 12.0. The maximum absolute atomic E-state index is 13.8. The highest BCUT2D eigenvalue weighted by Gasteiger charge is 2.20. The van der Waals surface area contributed by atoms with Crippen LogP contribution in [0.5, 0.6) is 0 Å². The minimum atomic E-state index is -0.751. The minimum Gasteiger partial charge on any atom is -0.353 e. The van der Waals surface area contributed by atoms with E-state index >= 15 is 0 Å². The monoisotopic (exact) mass is 478 g/mol. The number of nitrogens with zero attached hydrogens (tertiary/aromatic N) is 3. The summed E-state index contributed by atoms with van der Waals surface area (Å²) in [6.07, 6.45) is 0.895. The van der Waals surface area contributed by atoms with Gasteiger partial charge in [0.25, 0.3) is 5.91 Å². The third-order valence-corrected chi connectivity index (χ3v) is 6.95. The highest BCUT2D eigenvalue weighted by atomic mass is 32.1. The Hall–Kier alpha value is -3.36. The Labute approximate surface area is 200 Å². The molecule has 1 fully saturated rings. The van der Waals surface area contributed by atoms with Crippen LogP contribution >= 0.6 is 11.5 Å². The lowest BCUT2D eigenvalue weighted by atomic mass is 10.1. The number of halogens is 2. The van der Waals surface area contributed by atoms with Crippen molar-refractivity contribution in [2.24, 2.45) is 0 Å². The fraction of sp³-hybridized carbons (Fsp3) is 0.231. The summed E-state index contributed by atoms with van der Waals surface area (Å²) in [5, 5.41) is 3.85. The molecule has 1 saturated heterocycles. The summed E-state index contributed by atoms with van der Waals surface area (Å²) >= 11 is 1.55. The number of carbonyl (C=O) groups excluding carboxylic acids is 1. The zero-order valence-electron chi connectivity index (χ0n) is 18.5. The van der Waals surface area contributed by atoms with Gasteiger partial charge in [-0.25, -0.2) is 8.78 Å². The lowest BCUT2D eigenvalue weighted by molar-refractivity contribution is 0.102. The number of benzene rings is 3. The molecular formula is C26H24F2N4OS. The average molecular weight is 479 g/mol.